The number of hydrogen-bond acceptors (Lipinski definition) is 4. The fourth-order valence-corrected chi connectivity index (χ4v) is 4.77. The molecule has 0 bridgehead atoms. The van der Waals surface area contributed by atoms with E-state index in [0.717, 1.165) is 11.3 Å². The van der Waals surface area contributed by atoms with Crippen LogP contribution in [0.2, 0.25) is 0 Å². The summed E-state index contributed by atoms with van der Waals surface area (Å²) >= 11 is 3.91. The molecule has 2 heterocycles. The molecule has 0 spiro atoms. The summed E-state index contributed by atoms with van der Waals surface area (Å²) in [7, 11) is 0. The molecule has 4 heteroatoms. The summed E-state index contributed by atoms with van der Waals surface area (Å²) in [4.78, 5) is 4.72. The van der Waals surface area contributed by atoms with Crippen LogP contribution in [0.5, 0.6) is 0 Å². The van der Waals surface area contributed by atoms with E-state index >= 15 is 0 Å². The summed E-state index contributed by atoms with van der Waals surface area (Å²) in [5.41, 5.74) is 1.35. The van der Waals surface area contributed by atoms with Crippen molar-refractivity contribution in [3.05, 3.63) is 16.1 Å². The Bertz CT molecular complexity index is 386. The van der Waals surface area contributed by atoms with Crippen LogP contribution >= 0.6 is 23.1 Å². The van der Waals surface area contributed by atoms with Crippen LogP contribution in [0.4, 0.5) is 0 Å². The molecule has 2 atom stereocenters. The smallest absolute Gasteiger partial charge is 0.114 e. The van der Waals surface area contributed by atoms with Gasteiger partial charge in [0.05, 0.1) is 5.54 Å². The van der Waals surface area contributed by atoms with E-state index in [1.54, 1.807) is 0 Å². The van der Waals surface area contributed by atoms with Gasteiger partial charge in [0, 0.05) is 28.1 Å². The number of thioether (sulfide) groups is 1. The van der Waals surface area contributed by atoms with Gasteiger partial charge in [-0.25, -0.2) is 4.98 Å². The molecule has 3 rings (SSSR count). The van der Waals surface area contributed by atoms with E-state index in [9.17, 15) is 0 Å². The van der Waals surface area contributed by atoms with Gasteiger partial charge >= 0.3 is 0 Å². The van der Waals surface area contributed by atoms with E-state index in [0.29, 0.717) is 0 Å². The SMILES string of the molecule is Cc1csc(C2(NC3CC3)CSC(C)C2)n1. The van der Waals surface area contributed by atoms with Gasteiger partial charge in [0.25, 0.3) is 0 Å². The summed E-state index contributed by atoms with van der Waals surface area (Å²) in [5.74, 6) is 1.19. The minimum atomic E-state index is 0.185. The predicted octanol–water partition coefficient (Wildman–Crippen LogP) is 2.92. The molecular weight excluding hydrogens is 236 g/mol. The molecule has 1 aliphatic carbocycles. The number of aryl methyl sites for hydroxylation is 1. The third-order valence-electron chi connectivity index (χ3n) is 3.34. The van der Waals surface area contributed by atoms with E-state index in [4.69, 9.17) is 4.98 Å². The Labute approximate surface area is 105 Å². The lowest BCUT2D eigenvalue weighted by Crippen LogP contribution is -2.44. The second-order valence-electron chi connectivity index (χ2n) is 5.12. The summed E-state index contributed by atoms with van der Waals surface area (Å²) in [5, 5.41) is 8.11. The van der Waals surface area contributed by atoms with Gasteiger partial charge in [0.1, 0.15) is 5.01 Å². The number of thiazole rings is 1. The van der Waals surface area contributed by atoms with Gasteiger partial charge in [-0.2, -0.15) is 11.8 Å². The van der Waals surface area contributed by atoms with E-state index in [2.05, 4.69) is 36.3 Å². The molecular formula is C12H18N2S2. The average molecular weight is 254 g/mol. The highest BCUT2D eigenvalue weighted by molar-refractivity contribution is 8.00. The summed E-state index contributed by atoms with van der Waals surface area (Å²) in [6, 6.07) is 0.759. The van der Waals surface area contributed by atoms with Gasteiger partial charge in [-0.1, -0.05) is 6.92 Å². The standard InChI is InChI=1S/C12H18N2S2/c1-8-6-15-11(13-8)12(14-10-3-4-10)5-9(2)16-7-12/h6,9-10,14H,3-5,7H2,1-2H3. The lowest BCUT2D eigenvalue weighted by molar-refractivity contribution is 0.357. The van der Waals surface area contributed by atoms with Gasteiger partial charge in [0.15, 0.2) is 0 Å². The van der Waals surface area contributed by atoms with Crippen molar-refractivity contribution in [3.63, 3.8) is 0 Å². The number of rotatable bonds is 3. The van der Waals surface area contributed by atoms with Crippen LogP contribution in [0, 0.1) is 6.92 Å². The normalized spacial score (nSPS) is 34.5. The monoisotopic (exact) mass is 254 g/mol. The maximum absolute atomic E-state index is 4.72. The molecule has 1 saturated heterocycles. The molecule has 2 unspecified atom stereocenters. The number of aromatic nitrogens is 1. The second-order valence-corrected chi connectivity index (χ2v) is 7.41. The maximum atomic E-state index is 4.72. The van der Waals surface area contributed by atoms with Crippen LogP contribution in [0.15, 0.2) is 5.38 Å². The zero-order valence-corrected chi connectivity index (χ0v) is 11.5. The predicted molar refractivity (Wildman–Crippen MR) is 71.2 cm³/mol. The van der Waals surface area contributed by atoms with Gasteiger partial charge < -0.3 is 5.32 Å². The molecule has 2 fully saturated rings. The third-order valence-corrected chi connectivity index (χ3v) is 5.90. The van der Waals surface area contributed by atoms with E-state index < -0.39 is 0 Å². The highest BCUT2D eigenvalue weighted by atomic mass is 32.2. The van der Waals surface area contributed by atoms with Crippen molar-refractivity contribution in [2.24, 2.45) is 0 Å². The minimum absolute atomic E-state index is 0.185. The van der Waals surface area contributed by atoms with Crippen molar-refractivity contribution in [1.29, 1.82) is 0 Å². The van der Waals surface area contributed by atoms with E-state index in [1.165, 1.54) is 35.7 Å². The number of nitrogens with one attached hydrogen (secondary N) is 1. The molecule has 2 aliphatic rings. The molecule has 1 N–H and O–H groups in total. The minimum Gasteiger partial charge on any atom is -0.302 e. The topological polar surface area (TPSA) is 24.9 Å². The maximum Gasteiger partial charge on any atom is 0.114 e. The van der Waals surface area contributed by atoms with Crippen LogP contribution in [0.1, 0.15) is 36.9 Å². The molecule has 16 heavy (non-hydrogen) atoms. The van der Waals surface area contributed by atoms with Crippen LogP contribution in [0.25, 0.3) is 0 Å². The number of hydrogen-bond donors (Lipinski definition) is 1. The van der Waals surface area contributed by atoms with Gasteiger partial charge in [-0.05, 0) is 26.2 Å². The summed E-state index contributed by atoms with van der Waals surface area (Å²) in [6.07, 6.45) is 3.94. The molecule has 1 saturated carbocycles. The molecule has 1 aromatic rings. The lowest BCUT2D eigenvalue weighted by Gasteiger charge is -2.28. The molecule has 1 aromatic heterocycles. The van der Waals surface area contributed by atoms with Crippen LogP contribution < -0.4 is 5.32 Å². The summed E-state index contributed by atoms with van der Waals surface area (Å²) in [6.45, 7) is 4.43. The fourth-order valence-electron chi connectivity index (χ4n) is 2.40. The molecule has 88 valence electrons. The van der Waals surface area contributed by atoms with Gasteiger partial charge in [0.2, 0.25) is 0 Å². The first kappa shape index (κ1) is 11.1. The van der Waals surface area contributed by atoms with Gasteiger partial charge in [-0.15, -0.1) is 11.3 Å². The molecule has 0 amide bonds. The Balaban J connectivity index is 1.88. The zero-order chi connectivity index (χ0) is 11.2. The Morgan fingerprint density at radius 2 is 2.31 bits per heavy atom. The first-order chi connectivity index (χ1) is 7.68. The Kier molecular flexibility index (Phi) is 2.76. The van der Waals surface area contributed by atoms with Crippen LogP contribution in [-0.2, 0) is 5.54 Å². The lowest BCUT2D eigenvalue weighted by atomic mass is 9.97. The summed E-state index contributed by atoms with van der Waals surface area (Å²) < 4.78 is 0. The first-order valence-corrected chi connectivity index (χ1v) is 7.93. The Morgan fingerprint density at radius 1 is 1.50 bits per heavy atom. The van der Waals surface area contributed by atoms with Crippen molar-refractivity contribution in [1.82, 2.24) is 10.3 Å². The highest BCUT2D eigenvalue weighted by Crippen LogP contribution is 2.44. The van der Waals surface area contributed by atoms with Crippen molar-refractivity contribution in [3.8, 4) is 0 Å². The highest BCUT2D eigenvalue weighted by Gasteiger charge is 2.44. The van der Waals surface area contributed by atoms with Gasteiger partial charge in [-0.3, -0.25) is 0 Å². The average Bonchev–Trinajstić information content (AvgIpc) is 2.80. The van der Waals surface area contributed by atoms with Crippen molar-refractivity contribution in [2.75, 3.05) is 5.75 Å². The van der Waals surface area contributed by atoms with Crippen molar-refractivity contribution in [2.45, 2.75) is 49.9 Å². The number of nitrogens with zero attached hydrogens (tertiary/aromatic N) is 1. The zero-order valence-electron chi connectivity index (χ0n) is 9.82. The first-order valence-electron chi connectivity index (χ1n) is 6.00. The van der Waals surface area contributed by atoms with E-state index in [1.807, 2.05) is 11.3 Å². The second kappa shape index (κ2) is 4.00. The molecule has 1 aliphatic heterocycles. The molecule has 2 nitrogen and oxygen atoms in total. The van der Waals surface area contributed by atoms with Crippen LogP contribution in [-0.4, -0.2) is 22.0 Å². The largest absolute Gasteiger partial charge is 0.302 e. The molecule has 0 radical (unpaired) electrons. The Hall–Kier alpha value is -0.0600. The van der Waals surface area contributed by atoms with Crippen molar-refractivity contribution >= 4 is 23.1 Å². The van der Waals surface area contributed by atoms with Crippen molar-refractivity contribution < 1.29 is 0 Å². The Morgan fingerprint density at radius 3 is 2.81 bits per heavy atom. The fraction of sp³-hybridized carbons (Fsp3) is 0.750. The third kappa shape index (κ3) is 2.03. The van der Waals surface area contributed by atoms with E-state index in [-0.39, 0.29) is 5.54 Å². The van der Waals surface area contributed by atoms with Crippen LogP contribution in [0.3, 0.4) is 0 Å². The quantitative estimate of drug-likeness (QED) is 0.898. The molecule has 0 aromatic carbocycles.